The van der Waals surface area contributed by atoms with Gasteiger partial charge < -0.3 is 5.11 Å². The average Bonchev–Trinajstić information content (AvgIpc) is 2.33. The van der Waals surface area contributed by atoms with Crippen LogP contribution in [0.1, 0.15) is 24.8 Å². The number of piperidine rings is 1. The van der Waals surface area contributed by atoms with E-state index in [-0.39, 0.29) is 0 Å². The first-order valence-electron chi connectivity index (χ1n) is 5.98. The molecule has 0 bridgehead atoms. The Morgan fingerprint density at radius 3 is 2.83 bits per heavy atom. The molecule has 0 saturated carbocycles. The van der Waals surface area contributed by atoms with E-state index in [0.717, 1.165) is 24.9 Å². The second-order valence-corrected chi connectivity index (χ2v) is 5.40. The first-order valence-corrected chi connectivity index (χ1v) is 6.74. The van der Waals surface area contributed by atoms with Crippen molar-refractivity contribution in [2.45, 2.75) is 31.8 Å². The number of likely N-dealkylation sites (tertiary alicyclic amines) is 1. The molecule has 2 rings (SSSR count). The molecule has 98 valence electrons. The Labute approximate surface area is 116 Å². The second kappa shape index (κ2) is 5.91. The van der Waals surface area contributed by atoms with Crippen LogP contribution in [-0.4, -0.2) is 28.6 Å². The van der Waals surface area contributed by atoms with Crippen molar-refractivity contribution >= 4 is 29.2 Å². The molecular formula is C13H15Cl2NO2. The zero-order chi connectivity index (χ0) is 13.1. The standard InChI is InChI=1S/C13H15Cl2NO2/c14-10-5-4-9(11(15)7-10)8-16-6-2-1-3-12(16)13(17)18/h4-5,7,12H,1-3,6,8H2,(H,17,18)/t12-/m1/s1. The Balaban J connectivity index is 2.13. The minimum atomic E-state index is -0.750. The lowest BCUT2D eigenvalue weighted by molar-refractivity contribution is -0.144. The number of rotatable bonds is 3. The maximum absolute atomic E-state index is 11.2. The Morgan fingerprint density at radius 1 is 1.39 bits per heavy atom. The number of halogens is 2. The van der Waals surface area contributed by atoms with E-state index < -0.39 is 12.0 Å². The fourth-order valence-electron chi connectivity index (χ4n) is 2.33. The van der Waals surface area contributed by atoms with Crippen LogP contribution in [0.25, 0.3) is 0 Å². The van der Waals surface area contributed by atoms with Crippen LogP contribution in [0.2, 0.25) is 10.0 Å². The molecular weight excluding hydrogens is 273 g/mol. The highest BCUT2D eigenvalue weighted by Gasteiger charge is 2.28. The molecule has 5 heteroatoms. The van der Waals surface area contributed by atoms with Crippen molar-refractivity contribution < 1.29 is 9.90 Å². The summed E-state index contributed by atoms with van der Waals surface area (Å²) in [6, 6.07) is 4.93. The topological polar surface area (TPSA) is 40.5 Å². The van der Waals surface area contributed by atoms with Gasteiger partial charge in [0.15, 0.2) is 0 Å². The van der Waals surface area contributed by atoms with Crippen molar-refractivity contribution in [3.8, 4) is 0 Å². The number of carboxylic acids is 1. The predicted octanol–water partition coefficient (Wildman–Crippen LogP) is 3.43. The van der Waals surface area contributed by atoms with E-state index in [1.807, 2.05) is 11.0 Å². The molecule has 1 aliphatic rings. The molecule has 0 aliphatic carbocycles. The van der Waals surface area contributed by atoms with Gasteiger partial charge in [0.1, 0.15) is 6.04 Å². The van der Waals surface area contributed by atoms with Crippen LogP contribution in [0.3, 0.4) is 0 Å². The molecule has 1 fully saturated rings. The maximum Gasteiger partial charge on any atom is 0.320 e. The fourth-order valence-corrected chi connectivity index (χ4v) is 2.80. The van der Waals surface area contributed by atoms with Crippen molar-refractivity contribution in [3.63, 3.8) is 0 Å². The van der Waals surface area contributed by atoms with E-state index in [2.05, 4.69) is 0 Å². The smallest absolute Gasteiger partial charge is 0.320 e. The van der Waals surface area contributed by atoms with Gasteiger partial charge in [0.05, 0.1) is 0 Å². The molecule has 0 spiro atoms. The average molecular weight is 288 g/mol. The van der Waals surface area contributed by atoms with Crippen LogP contribution in [0.5, 0.6) is 0 Å². The van der Waals surface area contributed by atoms with Crippen molar-refractivity contribution in [1.82, 2.24) is 4.90 Å². The lowest BCUT2D eigenvalue weighted by atomic mass is 10.0. The molecule has 1 atom stereocenters. The van der Waals surface area contributed by atoms with E-state index in [0.29, 0.717) is 23.0 Å². The van der Waals surface area contributed by atoms with Gasteiger partial charge in [0.25, 0.3) is 0 Å². The SMILES string of the molecule is O=C(O)[C@H]1CCCCN1Cc1ccc(Cl)cc1Cl. The van der Waals surface area contributed by atoms with Gasteiger partial charge in [0, 0.05) is 16.6 Å². The van der Waals surface area contributed by atoms with Gasteiger partial charge in [-0.1, -0.05) is 35.7 Å². The number of aliphatic carboxylic acids is 1. The first-order chi connectivity index (χ1) is 8.58. The Morgan fingerprint density at radius 2 is 2.17 bits per heavy atom. The van der Waals surface area contributed by atoms with Crippen molar-refractivity contribution in [2.75, 3.05) is 6.54 Å². The summed E-state index contributed by atoms with van der Waals surface area (Å²) in [6.07, 6.45) is 2.72. The van der Waals surface area contributed by atoms with E-state index in [9.17, 15) is 9.90 Å². The van der Waals surface area contributed by atoms with Crippen molar-refractivity contribution in [2.24, 2.45) is 0 Å². The minimum absolute atomic E-state index is 0.398. The molecule has 0 aromatic heterocycles. The zero-order valence-corrected chi connectivity index (χ0v) is 11.4. The van der Waals surface area contributed by atoms with E-state index in [1.165, 1.54) is 0 Å². The molecule has 1 aromatic rings. The monoisotopic (exact) mass is 287 g/mol. The number of nitrogens with zero attached hydrogens (tertiary/aromatic N) is 1. The Hall–Kier alpha value is -0.770. The third kappa shape index (κ3) is 3.16. The number of hydrogen-bond donors (Lipinski definition) is 1. The van der Waals surface area contributed by atoms with E-state index in [1.54, 1.807) is 12.1 Å². The normalized spacial score (nSPS) is 20.9. The van der Waals surface area contributed by atoms with Gasteiger partial charge in [-0.2, -0.15) is 0 Å². The van der Waals surface area contributed by atoms with Crippen LogP contribution in [0.15, 0.2) is 18.2 Å². The largest absolute Gasteiger partial charge is 0.480 e. The highest BCUT2D eigenvalue weighted by Crippen LogP contribution is 2.25. The van der Waals surface area contributed by atoms with Crippen molar-refractivity contribution in [3.05, 3.63) is 33.8 Å². The van der Waals surface area contributed by atoms with Gasteiger partial charge >= 0.3 is 5.97 Å². The number of carbonyl (C=O) groups is 1. The molecule has 1 aliphatic heterocycles. The highest BCUT2D eigenvalue weighted by atomic mass is 35.5. The Kier molecular flexibility index (Phi) is 4.49. The first kappa shape index (κ1) is 13.7. The fraction of sp³-hybridized carbons (Fsp3) is 0.462. The summed E-state index contributed by atoms with van der Waals surface area (Å²) in [5.41, 5.74) is 0.925. The van der Waals surface area contributed by atoms with Crippen LogP contribution in [-0.2, 0) is 11.3 Å². The van der Waals surface area contributed by atoms with Crippen LogP contribution >= 0.6 is 23.2 Å². The summed E-state index contributed by atoms with van der Waals surface area (Å²) in [5, 5.41) is 10.4. The van der Waals surface area contributed by atoms with Gasteiger partial charge in [-0.05, 0) is 37.1 Å². The summed E-state index contributed by atoms with van der Waals surface area (Å²) >= 11 is 12.0. The zero-order valence-electron chi connectivity index (χ0n) is 9.90. The van der Waals surface area contributed by atoms with Crippen LogP contribution in [0.4, 0.5) is 0 Å². The van der Waals surface area contributed by atoms with Crippen LogP contribution < -0.4 is 0 Å². The molecule has 0 amide bonds. The van der Waals surface area contributed by atoms with Gasteiger partial charge in [0.2, 0.25) is 0 Å². The Bertz CT molecular complexity index is 451. The molecule has 0 radical (unpaired) electrons. The number of carboxylic acid groups (broad SMARTS) is 1. The van der Waals surface area contributed by atoms with E-state index in [4.69, 9.17) is 23.2 Å². The molecule has 1 aromatic carbocycles. The maximum atomic E-state index is 11.2. The van der Waals surface area contributed by atoms with Crippen molar-refractivity contribution in [1.29, 1.82) is 0 Å². The molecule has 1 heterocycles. The summed E-state index contributed by atoms with van der Waals surface area (Å²) < 4.78 is 0. The van der Waals surface area contributed by atoms with Crippen LogP contribution in [0, 0.1) is 0 Å². The minimum Gasteiger partial charge on any atom is -0.480 e. The third-order valence-electron chi connectivity index (χ3n) is 3.29. The highest BCUT2D eigenvalue weighted by molar-refractivity contribution is 6.35. The third-order valence-corrected chi connectivity index (χ3v) is 3.87. The summed E-state index contributed by atoms with van der Waals surface area (Å²) in [4.78, 5) is 13.2. The lowest BCUT2D eigenvalue weighted by Crippen LogP contribution is -2.44. The van der Waals surface area contributed by atoms with Gasteiger partial charge in [-0.25, -0.2) is 0 Å². The van der Waals surface area contributed by atoms with Gasteiger partial charge in [-0.3, -0.25) is 9.69 Å². The lowest BCUT2D eigenvalue weighted by Gasteiger charge is -2.33. The number of benzene rings is 1. The van der Waals surface area contributed by atoms with Gasteiger partial charge in [-0.15, -0.1) is 0 Å². The summed E-state index contributed by atoms with van der Waals surface area (Å²) in [6.45, 7) is 1.36. The number of hydrogen-bond acceptors (Lipinski definition) is 2. The molecule has 18 heavy (non-hydrogen) atoms. The van der Waals surface area contributed by atoms with E-state index >= 15 is 0 Å². The quantitative estimate of drug-likeness (QED) is 0.926. The molecule has 1 N–H and O–H groups in total. The predicted molar refractivity (Wildman–Crippen MR) is 72.1 cm³/mol. The molecule has 0 unspecified atom stereocenters. The second-order valence-electron chi connectivity index (χ2n) is 4.56. The molecule has 3 nitrogen and oxygen atoms in total. The molecule has 1 saturated heterocycles. The summed E-state index contributed by atoms with van der Waals surface area (Å²) in [7, 11) is 0. The summed E-state index contributed by atoms with van der Waals surface area (Å²) in [5.74, 6) is -0.750.